The molecule has 1 aliphatic heterocycles. The monoisotopic (exact) mass is 202 g/mol. The fourth-order valence-electron chi connectivity index (χ4n) is 1.52. The van der Waals surface area contributed by atoms with Crippen molar-refractivity contribution >= 4 is 0 Å². The van der Waals surface area contributed by atoms with Crippen molar-refractivity contribution < 1.29 is 0 Å². The molecule has 0 aromatic carbocycles. The minimum atomic E-state index is -0.719. The molecule has 2 heterocycles. The third-order valence-corrected chi connectivity index (χ3v) is 2.41. The Bertz CT molecular complexity index is 396. The summed E-state index contributed by atoms with van der Waals surface area (Å²) in [5.74, 6) is 0. The van der Waals surface area contributed by atoms with Gasteiger partial charge in [-0.1, -0.05) is 6.07 Å². The molecule has 4 heteroatoms. The normalized spacial score (nSPS) is 24.5. The minimum absolute atomic E-state index is 0.570. The lowest BCUT2D eigenvalue weighted by atomic mass is 9.98. The Morgan fingerprint density at radius 3 is 2.93 bits per heavy atom. The van der Waals surface area contributed by atoms with Crippen molar-refractivity contribution in [3.63, 3.8) is 0 Å². The minimum Gasteiger partial charge on any atom is -0.399 e. The quantitative estimate of drug-likeness (QED) is 0.642. The molecule has 4 nitrogen and oxygen atoms in total. The molecule has 1 atom stereocenters. The zero-order valence-corrected chi connectivity index (χ0v) is 8.35. The number of hydrogen-bond donors (Lipinski definition) is 3. The van der Waals surface area contributed by atoms with E-state index in [4.69, 9.17) is 11.5 Å². The van der Waals surface area contributed by atoms with Gasteiger partial charge in [-0.25, -0.2) is 0 Å². The van der Waals surface area contributed by atoms with Crippen LogP contribution in [0.15, 0.2) is 48.4 Å². The van der Waals surface area contributed by atoms with Crippen LogP contribution in [0.2, 0.25) is 0 Å². The Labute approximate surface area is 88.7 Å². The molecule has 1 aromatic rings. The lowest BCUT2D eigenvalue weighted by Gasteiger charge is -2.32. The van der Waals surface area contributed by atoms with E-state index in [1.165, 1.54) is 0 Å². The SMILES string of the molecule is NC1=CC=CNC1(N)Cc1ccccn1. The molecule has 0 spiro atoms. The van der Waals surface area contributed by atoms with Crippen molar-refractivity contribution in [1.82, 2.24) is 10.3 Å². The summed E-state index contributed by atoms with van der Waals surface area (Å²) in [6.07, 6.45) is 7.75. The molecule has 0 saturated carbocycles. The molecule has 0 fully saturated rings. The standard InChI is InChI=1S/C11H14N4/c12-10-5-3-7-15-11(10,13)8-9-4-1-2-6-14-9/h1-7,15H,8,12-13H2. The topological polar surface area (TPSA) is 77.0 Å². The van der Waals surface area contributed by atoms with Gasteiger partial charge in [0.15, 0.2) is 0 Å². The zero-order chi connectivity index (χ0) is 10.7. The van der Waals surface area contributed by atoms with Crippen LogP contribution in [0.1, 0.15) is 5.69 Å². The average Bonchev–Trinajstić information content (AvgIpc) is 2.24. The first kappa shape index (κ1) is 9.73. The number of dihydropyridines is 1. The molecular formula is C11H14N4. The Balaban J connectivity index is 2.19. The second-order valence-electron chi connectivity index (χ2n) is 3.59. The molecule has 0 amide bonds. The van der Waals surface area contributed by atoms with E-state index < -0.39 is 5.66 Å². The molecule has 78 valence electrons. The second kappa shape index (κ2) is 3.74. The molecule has 1 aromatic heterocycles. The highest BCUT2D eigenvalue weighted by molar-refractivity contribution is 5.28. The Morgan fingerprint density at radius 1 is 1.40 bits per heavy atom. The van der Waals surface area contributed by atoms with E-state index in [-0.39, 0.29) is 0 Å². The summed E-state index contributed by atoms with van der Waals surface area (Å²) in [5.41, 5.74) is 12.8. The van der Waals surface area contributed by atoms with Crippen LogP contribution in [0.3, 0.4) is 0 Å². The summed E-state index contributed by atoms with van der Waals surface area (Å²) in [5, 5.41) is 3.06. The highest BCUT2D eigenvalue weighted by atomic mass is 15.1. The molecule has 2 rings (SSSR count). The lowest BCUT2D eigenvalue weighted by Crippen LogP contribution is -2.57. The first-order valence-electron chi connectivity index (χ1n) is 4.80. The van der Waals surface area contributed by atoms with Gasteiger partial charge in [0.05, 0.1) is 0 Å². The average molecular weight is 202 g/mol. The van der Waals surface area contributed by atoms with Crippen molar-refractivity contribution in [1.29, 1.82) is 0 Å². The molecule has 15 heavy (non-hydrogen) atoms. The van der Waals surface area contributed by atoms with Crippen LogP contribution >= 0.6 is 0 Å². The largest absolute Gasteiger partial charge is 0.399 e. The van der Waals surface area contributed by atoms with Crippen LogP contribution in [0.5, 0.6) is 0 Å². The van der Waals surface area contributed by atoms with Gasteiger partial charge in [-0.15, -0.1) is 0 Å². The second-order valence-corrected chi connectivity index (χ2v) is 3.59. The van der Waals surface area contributed by atoms with Crippen LogP contribution in [-0.4, -0.2) is 10.6 Å². The smallest absolute Gasteiger partial charge is 0.132 e. The van der Waals surface area contributed by atoms with Gasteiger partial charge in [-0.3, -0.25) is 4.98 Å². The number of nitrogens with zero attached hydrogens (tertiary/aromatic N) is 1. The molecule has 0 aliphatic carbocycles. The summed E-state index contributed by atoms with van der Waals surface area (Å²) in [6, 6.07) is 5.74. The number of nitrogens with one attached hydrogen (secondary N) is 1. The maximum absolute atomic E-state index is 6.14. The maximum Gasteiger partial charge on any atom is 0.132 e. The first-order valence-corrected chi connectivity index (χ1v) is 4.80. The highest BCUT2D eigenvalue weighted by Gasteiger charge is 2.28. The Morgan fingerprint density at radius 2 is 2.27 bits per heavy atom. The van der Waals surface area contributed by atoms with Crippen LogP contribution in [0.4, 0.5) is 0 Å². The zero-order valence-electron chi connectivity index (χ0n) is 8.35. The van der Waals surface area contributed by atoms with E-state index in [1.54, 1.807) is 18.5 Å². The summed E-state index contributed by atoms with van der Waals surface area (Å²) in [4.78, 5) is 4.23. The van der Waals surface area contributed by atoms with E-state index in [2.05, 4.69) is 10.3 Å². The number of hydrogen-bond acceptors (Lipinski definition) is 4. The van der Waals surface area contributed by atoms with Crippen molar-refractivity contribution in [3.05, 3.63) is 54.1 Å². The number of pyridine rings is 1. The van der Waals surface area contributed by atoms with Gasteiger partial charge in [0, 0.05) is 24.0 Å². The summed E-state index contributed by atoms with van der Waals surface area (Å²) in [7, 11) is 0. The third kappa shape index (κ3) is 1.99. The predicted molar refractivity (Wildman–Crippen MR) is 59.4 cm³/mol. The lowest BCUT2D eigenvalue weighted by molar-refractivity contribution is 0.429. The van der Waals surface area contributed by atoms with Crippen molar-refractivity contribution in [2.45, 2.75) is 12.1 Å². The van der Waals surface area contributed by atoms with E-state index >= 15 is 0 Å². The van der Waals surface area contributed by atoms with E-state index in [0.717, 1.165) is 5.69 Å². The summed E-state index contributed by atoms with van der Waals surface area (Å²) >= 11 is 0. The van der Waals surface area contributed by atoms with E-state index in [1.807, 2.05) is 24.3 Å². The highest BCUT2D eigenvalue weighted by Crippen LogP contribution is 2.14. The van der Waals surface area contributed by atoms with Gasteiger partial charge in [0.25, 0.3) is 0 Å². The predicted octanol–water partition coefficient (Wildman–Crippen LogP) is 0.239. The molecule has 1 aliphatic rings. The number of nitrogens with two attached hydrogens (primary N) is 2. The number of rotatable bonds is 2. The third-order valence-electron chi connectivity index (χ3n) is 2.41. The van der Waals surface area contributed by atoms with Gasteiger partial charge in [0.1, 0.15) is 5.66 Å². The van der Waals surface area contributed by atoms with Gasteiger partial charge >= 0.3 is 0 Å². The number of aromatic nitrogens is 1. The van der Waals surface area contributed by atoms with Crippen molar-refractivity contribution in [2.75, 3.05) is 0 Å². The molecule has 5 N–H and O–H groups in total. The van der Waals surface area contributed by atoms with Gasteiger partial charge in [-0.2, -0.15) is 0 Å². The maximum atomic E-state index is 6.14. The van der Waals surface area contributed by atoms with Crippen LogP contribution in [0.25, 0.3) is 0 Å². The number of allylic oxidation sites excluding steroid dienone is 2. The first-order chi connectivity index (χ1) is 7.21. The van der Waals surface area contributed by atoms with Gasteiger partial charge in [0.2, 0.25) is 0 Å². The van der Waals surface area contributed by atoms with Crippen molar-refractivity contribution in [3.8, 4) is 0 Å². The molecule has 0 radical (unpaired) electrons. The fourth-order valence-corrected chi connectivity index (χ4v) is 1.52. The van der Waals surface area contributed by atoms with Crippen LogP contribution in [-0.2, 0) is 6.42 Å². The fraction of sp³-hybridized carbons (Fsp3) is 0.182. The molecular weight excluding hydrogens is 188 g/mol. The van der Waals surface area contributed by atoms with Crippen molar-refractivity contribution in [2.24, 2.45) is 11.5 Å². The molecule has 1 unspecified atom stereocenters. The molecule has 0 bridgehead atoms. The van der Waals surface area contributed by atoms with Crippen LogP contribution < -0.4 is 16.8 Å². The molecule has 0 saturated heterocycles. The van der Waals surface area contributed by atoms with Gasteiger partial charge < -0.3 is 16.8 Å². The van der Waals surface area contributed by atoms with E-state index in [9.17, 15) is 0 Å². The van der Waals surface area contributed by atoms with Crippen LogP contribution in [0, 0.1) is 0 Å². The van der Waals surface area contributed by atoms with E-state index in [0.29, 0.717) is 12.1 Å². The summed E-state index contributed by atoms with van der Waals surface area (Å²) < 4.78 is 0. The van der Waals surface area contributed by atoms with Gasteiger partial charge in [-0.05, 0) is 30.5 Å². The summed E-state index contributed by atoms with van der Waals surface area (Å²) in [6.45, 7) is 0. The Hall–Kier alpha value is -1.81. The Kier molecular flexibility index (Phi) is 2.43.